The van der Waals surface area contributed by atoms with E-state index in [2.05, 4.69) is 24.3 Å². The van der Waals surface area contributed by atoms with Crippen LogP contribution in [0.5, 0.6) is 0 Å². The lowest BCUT2D eigenvalue weighted by Gasteiger charge is -2.24. The summed E-state index contributed by atoms with van der Waals surface area (Å²) >= 11 is 0. The number of aliphatic hydroxyl groups excluding tert-OH is 2. The second-order valence-corrected chi connectivity index (χ2v) is 5.95. The molecular formula is C18H14O3. The van der Waals surface area contributed by atoms with Crippen molar-refractivity contribution in [3.8, 4) is 0 Å². The molecule has 1 saturated heterocycles. The maximum atomic E-state index is 10.3. The SMILES string of the molecule is O[C@@H]1[C@@H]2O[C@@H]2c2c(ccc3cc4ccccc4cc23)[C@H]1O. The molecule has 104 valence electrons. The number of aliphatic hydroxyl groups is 2. The molecule has 0 radical (unpaired) electrons. The number of rotatable bonds is 0. The summed E-state index contributed by atoms with van der Waals surface area (Å²) in [6, 6.07) is 16.5. The van der Waals surface area contributed by atoms with Gasteiger partial charge in [0, 0.05) is 0 Å². The van der Waals surface area contributed by atoms with E-state index in [1.54, 1.807) is 0 Å². The molecule has 2 N–H and O–H groups in total. The number of fused-ring (bicyclic) bond motifs is 6. The van der Waals surface area contributed by atoms with Crippen molar-refractivity contribution in [2.75, 3.05) is 0 Å². The number of ether oxygens (including phenoxy) is 1. The molecule has 3 heteroatoms. The highest BCUT2D eigenvalue weighted by atomic mass is 16.6. The molecule has 0 saturated carbocycles. The van der Waals surface area contributed by atoms with E-state index in [9.17, 15) is 10.2 Å². The van der Waals surface area contributed by atoms with Crippen LogP contribution >= 0.6 is 0 Å². The van der Waals surface area contributed by atoms with E-state index in [4.69, 9.17) is 4.74 Å². The molecule has 0 aromatic heterocycles. The van der Waals surface area contributed by atoms with Crippen LogP contribution in [0.2, 0.25) is 0 Å². The molecule has 3 aromatic carbocycles. The van der Waals surface area contributed by atoms with Crippen molar-refractivity contribution in [2.24, 2.45) is 0 Å². The second kappa shape index (κ2) is 3.83. The summed E-state index contributed by atoms with van der Waals surface area (Å²) in [7, 11) is 0. The van der Waals surface area contributed by atoms with Crippen molar-refractivity contribution in [1.82, 2.24) is 0 Å². The first-order valence-electron chi connectivity index (χ1n) is 7.21. The van der Waals surface area contributed by atoms with Crippen LogP contribution in [-0.4, -0.2) is 22.4 Å². The van der Waals surface area contributed by atoms with Gasteiger partial charge >= 0.3 is 0 Å². The van der Waals surface area contributed by atoms with E-state index in [0.717, 1.165) is 21.9 Å². The van der Waals surface area contributed by atoms with Crippen molar-refractivity contribution >= 4 is 21.5 Å². The minimum atomic E-state index is -0.861. The Morgan fingerprint density at radius 3 is 2.43 bits per heavy atom. The van der Waals surface area contributed by atoms with Gasteiger partial charge < -0.3 is 14.9 Å². The number of epoxide rings is 1. The van der Waals surface area contributed by atoms with Gasteiger partial charge in [0.2, 0.25) is 0 Å². The summed E-state index contributed by atoms with van der Waals surface area (Å²) < 4.78 is 5.60. The maximum Gasteiger partial charge on any atom is 0.118 e. The van der Waals surface area contributed by atoms with E-state index in [0.29, 0.717) is 0 Å². The lowest BCUT2D eigenvalue weighted by molar-refractivity contribution is 0.000106. The van der Waals surface area contributed by atoms with Crippen molar-refractivity contribution in [1.29, 1.82) is 0 Å². The molecule has 4 atom stereocenters. The molecule has 0 unspecified atom stereocenters. The third kappa shape index (κ3) is 1.48. The molecule has 5 rings (SSSR count). The normalized spacial score (nSPS) is 30.2. The van der Waals surface area contributed by atoms with Crippen LogP contribution in [-0.2, 0) is 4.74 Å². The van der Waals surface area contributed by atoms with Gasteiger partial charge in [-0.05, 0) is 44.8 Å². The fraction of sp³-hybridized carbons (Fsp3) is 0.222. The van der Waals surface area contributed by atoms with Crippen molar-refractivity contribution < 1.29 is 14.9 Å². The quantitative estimate of drug-likeness (QED) is 0.491. The Morgan fingerprint density at radius 2 is 1.62 bits per heavy atom. The molecule has 1 heterocycles. The second-order valence-electron chi connectivity index (χ2n) is 5.95. The number of benzene rings is 3. The Morgan fingerprint density at radius 1 is 0.857 bits per heavy atom. The zero-order valence-corrected chi connectivity index (χ0v) is 11.2. The van der Waals surface area contributed by atoms with Crippen LogP contribution in [0.25, 0.3) is 21.5 Å². The molecule has 1 aliphatic carbocycles. The van der Waals surface area contributed by atoms with E-state index >= 15 is 0 Å². The topological polar surface area (TPSA) is 53.0 Å². The third-order valence-electron chi connectivity index (χ3n) is 4.75. The van der Waals surface area contributed by atoms with Gasteiger partial charge in [-0.25, -0.2) is 0 Å². The summed E-state index contributed by atoms with van der Waals surface area (Å²) in [5, 5.41) is 24.9. The van der Waals surface area contributed by atoms with Gasteiger partial charge in [0.25, 0.3) is 0 Å². The molecule has 2 aliphatic rings. The van der Waals surface area contributed by atoms with E-state index < -0.39 is 12.2 Å². The summed E-state index contributed by atoms with van der Waals surface area (Å²) in [4.78, 5) is 0. The van der Waals surface area contributed by atoms with Crippen molar-refractivity contribution in [2.45, 2.75) is 24.4 Å². The zero-order chi connectivity index (χ0) is 14.1. The van der Waals surface area contributed by atoms with Gasteiger partial charge in [0.1, 0.15) is 24.4 Å². The molecule has 0 amide bonds. The smallest absolute Gasteiger partial charge is 0.118 e. The van der Waals surface area contributed by atoms with Crippen molar-refractivity contribution in [3.63, 3.8) is 0 Å². The molecule has 1 aliphatic heterocycles. The van der Waals surface area contributed by atoms with Crippen LogP contribution in [0, 0.1) is 0 Å². The predicted molar refractivity (Wildman–Crippen MR) is 80.0 cm³/mol. The molecule has 0 bridgehead atoms. The largest absolute Gasteiger partial charge is 0.387 e. The van der Waals surface area contributed by atoms with Gasteiger partial charge in [-0.3, -0.25) is 0 Å². The van der Waals surface area contributed by atoms with Crippen LogP contribution in [0.15, 0.2) is 48.5 Å². The van der Waals surface area contributed by atoms with Gasteiger partial charge in [0.15, 0.2) is 0 Å². The molecule has 1 fully saturated rings. The minimum Gasteiger partial charge on any atom is -0.387 e. The lowest BCUT2D eigenvalue weighted by atomic mass is 9.84. The monoisotopic (exact) mass is 278 g/mol. The van der Waals surface area contributed by atoms with Gasteiger partial charge in [-0.15, -0.1) is 0 Å². The van der Waals surface area contributed by atoms with Crippen molar-refractivity contribution in [3.05, 3.63) is 59.7 Å². The predicted octanol–water partition coefficient (Wildman–Crippen LogP) is 2.84. The molecule has 3 aromatic rings. The Hall–Kier alpha value is -1.94. The molecule has 3 nitrogen and oxygen atoms in total. The van der Waals surface area contributed by atoms with E-state index in [1.165, 1.54) is 10.8 Å². The standard InChI is InChI=1S/C18H14O3/c19-15-12-6-5-11-7-9-3-1-2-4-10(9)8-13(11)14(12)17-18(21-17)16(15)20/h1-8,15-20H/t15-,16+,17-,18+/m1/s1. The molecule has 0 spiro atoms. The van der Waals surface area contributed by atoms with Gasteiger partial charge in [-0.2, -0.15) is 0 Å². The Bertz CT molecular complexity index is 886. The number of hydrogen-bond acceptors (Lipinski definition) is 3. The maximum absolute atomic E-state index is 10.3. The summed E-state index contributed by atoms with van der Waals surface area (Å²) in [5.41, 5.74) is 1.84. The highest BCUT2D eigenvalue weighted by molar-refractivity contribution is 6.00. The Balaban J connectivity index is 1.87. The highest BCUT2D eigenvalue weighted by Gasteiger charge is 2.54. The first-order chi connectivity index (χ1) is 10.2. The molecule has 21 heavy (non-hydrogen) atoms. The minimum absolute atomic E-state index is 0.0803. The number of hydrogen-bond donors (Lipinski definition) is 2. The van der Waals surface area contributed by atoms with Gasteiger partial charge in [-0.1, -0.05) is 36.4 Å². The van der Waals surface area contributed by atoms with Crippen LogP contribution in [0.4, 0.5) is 0 Å². The third-order valence-corrected chi connectivity index (χ3v) is 4.75. The van der Waals surface area contributed by atoms with Gasteiger partial charge in [0.05, 0.1) is 0 Å². The summed E-state index contributed by atoms with van der Waals surface area (Å²) in [5.74, 6) is 0. The average Bonchev–Trinajstić information content (AvgIpc) is 3.30. The summed E-state index contributed by atoms with van der Waals surface area (Å²) in [6.45, 7) is 0. The average molecular weight is 278 g/mol. The zero-order valence-electron chi connectivity index (χ0n) is 11.2. The first kappa shape index (κ1) is 11.7. The van der Waals surface area contributed by atoms with E-state index in [1.807, 2.05) is 24.3 Å². The Kier molecular flexibility index (Phi) is 2.13. The first-order valence-corrected chi connectivity index (χ1v) is 7.21. The highest BCUT2D eigenvalue weighted by Crippen LogP contribution is 2.53. The van der Waals surface area contributed by atoms with E-state index in [-0.39, 0.29) is 12.2 Å². The Labute approximate surface area is 121 Å². The fourth-order valence-corrected chi connectivity index (χ4v) is 3.61. The summed E-state index contributed by atoms with van der Waals surface area (Å²) in [6.07, 6.45) is -2.02. The lowest BCUT2D eigenvalue weighted by Crippen LogP contribution is -2.29. The fourth-order valence-electron chi connectivity index (χ4n) is 3.61. The van der Waals surface area contributed by atoms with Crippen LogP contribution in [0.3, 0.4) is 0 Å². The molecular weight excluding hydrogens is 264 g/mol. The van der Waals surface area contributed by atoms with Crippen LogP contribution < -0.4 is 0 Å². The van der Waals surface area contributed by atoms with Crippen LogP contribution in [0.1, 0.15) is 23.3 Å².